The van der Waals surface area contributed by atoms with Crippen LogP contribution in [0.2, 0.25) is 0 Å². The second kappa shape index (κ2) is 4.99. The molecule has 1 saturated carbocycles. The van der Waals surface area contributed by atoms with Crippen LogP contribution in [0.5, 0.6) is 0 Å². The van der Waals surface area contributed by atoms with Crippen LogP contribution in [0.4, 0.5) is 5.82 Å². The van der Waals surface area contributed by atoms with Gasteiger partial charge in [-0.05, 0) is 18.8 Å². The van der Waals surface area contributed by atoms with Crippen molar-refractivity contribution in [3.63, 3.8) is 0 Å². The maximum absolute atomic E-state index is 11.2. The summed E-state index contributed by atoms with van der Waals surface area (Å²) in [5.41, 5.74) is 5.22. The minimum atomic E-state index is -0.885. The van der Waals surface area contributed by atoms with Crippen molar-refractivity contribution in [1.82, 2.24) is 9.97 Å². The maximum atomic E-state index is 11.2. The Kier molecular flexibility index (Phi) is 3.40. The Labute approximate surface area is 103 Å². The average molecular weight is 250 g/mol. The van der Waals surface area contributed by atoms with Crippen molar-refractivity contribution in [3.05, 3.63) is 18.1 Å². The molecule has 1 amide bonds. The Morgan fingerprint density at radius 2 is 2.11 bits per heavy atom. The summed E-state index contributed by atoms with van der Waals surface area (Å²) in [6.45, 7) is 0. The van der Waals surface area contributed by atoms with Gasteiger partial charge in [-0.1, -0.05) is 0 Å². The van der Waals surface area contributed by atoms with E-state index in [1.165, 1.54) is 12.4 Å². The molecule has 18 heavy (non-hydrogen) atoms. The zero-order chi connectivity index (χ0) is 13.1. The van der Waals surface area contributed by atoms with Gasteiger partial charge in [0.1, 0.15) is 0 Å². The molecule has 1 unspecified atom stereocenters. The fraction of sp³-hybridized carbons (Fsp3) is 0.455. The van der Waals surface area contributed by atoms with E-state index in [1.54, 1.807) is 0 Å². The molecule has 0 aromatic carbocycles. The number of anilines is 1. The third-order valence-electron chi connectivity index (χ3n) is 2.84. The van der Waals surface area contributed by atoms with Crippen LogP contribution in [0.3, 0.4) is 0 Å². The number of aliphatic carboxylic acids is 1. The van der Waals surface area contributed by atoms with E-state index < -0.39 is 11.9 Å². The summed E-state index contributed by atoms with van der Waals surface area (Å²) in [5.74, 6) is -1.01. The van der Waals surface area contributed by atoms with E-state index in [0.717, 1.165) is 12.8 Å². The molecule has 1 aliphatic carbocycles. The Morgan fingerprint density at radius 3 is 2.67 bits per heavy atom. The van der Waals surface area contributed by atoms with Crippen LogP contribution in [0.25, 0.3) is 0 Å². The number of hydrogen-bond donors (Lipinski definition) is 3. The number of carbonyl (C=O) groups is 2. The monoisotopic (exact) mass is 250 g/mol. The molecule has 0 aliphatic heterocycles. The smallest absolute Gasteiger partial charge is 0.305 e. The molecule has 96 valence electrons. The van der Waals surface area contributed by atoms with Gasteiger partial charge in [0.2, 0.25) is 0 Å². The van der Waals surface area contributed by atoms with E-state index in [9.17, 15) is 9.59 Å². The molecule has 1 fully saturated rings. The summed E-state index contributed by atoms with van der Waals surface area (Å²) in [6, 6.07) is -0.239. The molecule has 4 N–H and O–H groups in total. The minimum Gasteiger partial charge on any atom is -0.481 e. The van der Waals surface area contributed by atoms with Gasteiger partial charge in [-0.3, -0.25) is 9.59 Å². The summed E-state index contributed by atoms with van der Waals surface area (Å²) < 4.78 is 0. The summed E-state index contributed by atoms with van der Waals surface area (Å²) in [4.78, 5) is 29.8. The first-order valence-corrected chi connectivity index (χ1v) is 5.67. The highest BCUT2D eigenvalue weighted by molar-refractivity contribution is 5.95. The lowest BCUT2D eigenvalue weighted by molar-refractivity contribution is -0.137. The molecule has 0 radical (unpaired) electrons. The average Bonchev–Trinajstić information content (AvgIpc) is 3.11. The molecule has 0 saturated heterocycles. The highest BCUT2D eigenvalue weighted by Crippen LogP contribution is 2.35. The number of carboxylic acid groups (broad SMARTS) is 1. The van der Waals surface area contributed by atoms with Crippen molar-refractivity contribution in [3.8, 4) is 0 Å². The normalized spacial score (nSPS) is 16.0. The Morgan fingerprint density at radius 1 is 1.44 bits per heavy atom. The SMILES string of the molecule is NC(=O)c1nccnc1NC(CC(=O)O)C1CC1. The fourth-order valence-corrected chi connectivity index (χ4v) is 1.82. The molecule has 1 heterocycles. The van der Waals surface area contributed by atoms with Crippen LogP contribution in [-0.2, 0) is 4.79 Å². The van der Waals surface area contributed by atoms with E-state index in [0.29, 0.717) is 5.92 Å². The van der Waals surface area contributed by atoms with Gasteiger partial charge in [0.05, 0.1) is 6.42 Å². The standard InChI is InChI=1S/C11H14N4O3/c12-10(18)9-11(14-4-3-13-9)15-7(5-8(16)17)6-1-2-6/h3-4,6-7H,1-2,5H2,(H2,12,18)(H,14,15)(H,16,17). The number of hydrogen-bond acceptors (Lipinski definition) is 5. The zero-order valence-corrected chi connectivity index (χ0v) is 9.67. The van der Waals surface area contributed by atoms with Crippen LogP contribution < -0.4 is 11.1 Å². The number of rotatable bonds is 6. The summed E-state index contributed by atoms with van der Waals surface area (Å²) in [6.07, 6.45) is 4.75. The Bertz CT molecular complexity index is 473. The second-order valence-corrected chi connectivity index (χ2v) is 4.30. The maximum Gasteiger partial charge on any atom is 0.305 e. The first-order chi connectivity index (χ1) is 8.58. The Balaban J connectivity index is 2.15. The third-order valence-corrected chi connectivity index (χ3v) is 2.84. The van der Waals surface area contributed by atoms with Crippen molar-refractivity contribution in [1.29, 1.82) is 0 Å². The van der Waals surface area contributed by atoms with E-state index >= 15 is 0 Å². The number of carboxylic acids is 1. The molecule has 0 spiro atoms. The van der Waals surface area contributed by atoms with Gasteiger partial charge in [0, 0.05) is 18.4 Å². The molecule has 1 aromatic heterocycles. The lowest BCUT2D eigenvalue weighted by Crippen LogP contribution is -2.28. The first kappa shape index (κ1) is 12.3. The molecule has 2 rings (SSSR count). The van der Waals surface area contributed by atoms with Gasteiger partial charge in [-0.2, -0.15) is 0 Å². The predicted octanol–water partition coefficient (Wildman–Crippen LogP) is 0.241. The van der Waals surface area contributed by atoms with E-state index in [4.69, 9.17) is 10.8 Å². The van der Waals surface area contributed by atoms with Crippen LogP contribution in [0.1, 0.15) is 29.8 Å². The van der Waals surface area contributed by atoms with E-state index in [1.807, 2.05) is 0 Å². The summed E-state index contributed by atoms with van der Waals surface area (Å²) in [5, 5.41) is 11.8. The topological polar surface area (TPSA) is 118 Å². The second-order valence-electron chi connectivity index (χ2n) is 4.30. The fourth-order valence-electron chi connectivity index (χ4n) is 1.82. The van der Waals surface area contributed by atoms with Gasteiger partial charge < -0.3 is 16.2 Å². The molecule has 1 atom stereocenters. The summed E-state index contributed by atoms with van der Waals surface area (Å²) in [7, 11) is 0. The largest absolute Gasteiger partial charge is 0.481 e. The van der Waals surface area contributed by atoms with Crippen LogP contribution in [0, 0.1) is 5.92 Å². The number of nitrogens with one attached hydrogen (secondary N) is 1. The predicted molar refractivity (Wildman–Crippen MR) is 62.9 cm³/mol. The van der Waals surface area contributed by atoms with Crippen molar-refractivity contribution in [2.45, 2.75) is 25.3 Å². The molecule has 7 nitrogen and oxygen atoms in total. The number of primary amides is 1. The van der Waals surface area contributed by atoms with Crippen LogP contribution in [-0.4, -0.2) is 33.0 Å². The molecular weight excluding hydrogens is 236 g/mol. The van der Waals surface area contributed by atoms with Gasteiger partial charge in [0.25, 0.3) is 5.91 Å². The van der Waals surface area contributed by atoms with Crippen molar-refractivity contribution in [2.24, 2.45) is 11.7 Å². The van der Waals surface area contributed by atoms with E-state index in [2.05, 4.69) is 15.3 Å². The van der Waals surface area contributed by atoms with Gasteiger partial charge in [0.15, 0.2) is 11.5 Å². The molecule has 1 aliphatic rings. The van der Waals surface area contributed by atoms with Crippen molar-refractivity contribution in [2.75, 3.05) is 5.32 Å². The Hall–Kier alpha value is -2.18. The van der Waals surface area contributed by atoms with Gasteiger partial charge in [-0.25, -0.2) is 9.97 Å². The number of amides is 1. The lowest BCUT2D eigenvalue weighted by Gasteiger charge is -2.17. The summed E-state index contributed by atoms with van der Waals surface area (Å²) >= 11 is 0. The zero-order valence-electron chi connectivity index (χ0n) is 9.67. The molecule has 7 heteroatoms. The number of aromatic nitrogens is 2. The van der Waals surface area contributed by atoms with Crippen LogP contribution >= 0.6 is 0 Å². The van der Waals surface area contributed by atoms with Crippen LogP contribution in [0.15, 0.2) is 12.4 Å². The first-order valence-electron chi connectivity index (χ1n) is 5.67. The molecular formula is C11H14N4O3. The van der Waals surface area contributed by atoms with Crippen molar-refractivity contribution >= 4 is 17.7 Å². The van der Waals surface area contributed by atoms with Gasteiger partial charge in [-0.15, -0.1) is 0 Å². The lowest BCUT2D eigenvalue weighted by atomic mass is 10.1. The molecule has 1 aromatic rings. The number of nitrogens with two attached hydrogens (primary N) is 1. The number of nitrogens with zero attached hydrogens (tertiary/aromatic N) is 2. The van der Waals surface area contributed by atoms with E-state index in [-0.39, 0.29) is 24.0 Å². The molecule has 0 bridgehead atoms. The van der Waals surface area contributed by atoms with Gasteiger partial charge >= 0.3 is 5.97 Å². The highest BCUT2D eigenvalue weighted by atomic mass is 16.4. The van der Waals surface area contributed by atoms with Crippen molar-refractivity contribution < 1.29 is 14.7 Å². The third kappa shape index (κ3) is 2.93. The highest BCUT2D eigenvalue weighted by Gasteiger charge is 2.33. The quantitative estimate of drug-likeness (QED) is 0.665. The minimum absolute atomic E-state index is 0.0144. The number of carbonyl (C=O) groups excluding carboxylic acids is 1.